The highest BCUT2D eigenvalue weighted by molar-refractivity contribution is 5.02. The van der Waals surface area contributed by atoms with E-state index < -0.39 is 6.10 Å². The van der Waals surface area contributed by atoms with Crippen LogP contribution in [0.4, 0.5) is 0 Å². The molecule has 0 amide bonds. The number of furan rings is 1. The highest BCUT2D eigenvalue weighted by Crippen LogP contribution is 2.20. The Hall–Kier alpha value is -0.800. The maximum absolute atomic E-state index is 9.91. The van der Waals surface area contributed by atoms with Gasteiger partial charge in [0.25, 0.3) is 0 Å². The molecule has 2 rings (SSSR count). The number of hydrogen-bond donors (Lipinski definition) is 1. The summed E-state index contributed by atoms with van der Waals surface area (Å²) in [5.41, 5.74) is 0. The zero-order valence-corrected chi connectivity index (χ0v) is 9.22. The normalized spacial score (nSPS) is 25.3. The molecule has 3 nitrogen and oxygen atoms in total. The number of aliphatic hydroxyl groups excluding tert-OH is 1. The van der Waals surface area contributed by atoms with Crippen LogP contribution >= 0.6 is 0 Å². The Kier molecular flexibility index (Phi) is 3.44. The van der Waals surface area contributed by atoms with E-state index in [1.807, 2.05) is 12.1 Å². The molecule has 2 unspecified atom stereocenters. The molecular formula is C12H19NO2. The number of rotatable bonds is 3. The highest BCUT2D eigenvalue weighted by Gasteiger charge is 2.20. The lowest BCUT2D eigenvalue weighted by molar-refractivity contribution is 0.0736. The maximum atomic E-state index is 9.91. The molecule has 0 aliphatic carbocycles. The first-order chi connectivity index (χ1) is 7.25. The topological polar surface area (TPSA) is 36.6 Å². The summed E-state index contributed by atoms with van der Waals surface area (Å²) in [6.45, 7) is 5.16. The molecule has 0 radical (unpaired) electrons. The van der Waals surface area contributed by atoms with Crippen molar-refractivity contribution in [1.82, 2.24) is 4.90 Å². The second kappa shape index (κ2) is 4.81. The van der Waals surface area contributed by atoms with Gasteiger partial charge in [-0.15, -0.1) is 0 Å². The largest absolute Gasteiger partial charge is 0.467 e. The summed E-state index contributed by atoms with van der Waals surface area (Å²) in [4.78, 5) is 2.32. The quantitative estimate of drug-likeness (QED) is 0.827. The third-order valence-corrected chi connectivity index (χ3v) is 3.04. The van der Waals surface area contributed by atoms with Crippen LogP contribution in [0.1, 0.15) is 31.6 Å². The summed E-state index contributed by atoms with van der Waals surface area (Å²) in [5.74, 6) is 1.43. The fourth-order valence-electron chi connectivity index (χ4n) is 2.27. The molecule has 0 saturated carbocycles. The second-order valence-corrected chi connectivity index (χ2v) is 4.54. The van der Waals surface area contributed by atoms with E-state index in [-0.39, 0.29) is 0 Å². The number of hydrogen-bond acceptors (Lipinski definition) is 3. The molecule has 3 heteroatoms. The number of likely N-dealkylation sites (tertiary alicyclic amines) is 1. The summed E-state index contributed by atoms with van der Waals surface area (Å²) < 4.78 is 5.19. The Morgan fingerprint density at radius 2 is 2.53 bits per heavy atom. The summed E-state index contributed by atoms with van der Waals surface area (Å²) >= 11 is 0. The molecule has 15 heavy (non-hydrogen) atoms. The van der Waals surface area contributed by atoms with Crippen molar-refractivity contribution >= 4 is 0 Å². The van der Waals surface area contributed by atoms with Crippen LogP contribution < -0.4 is 0 Å². The molecule has 2 atom stereocenters. The van der Waals surface area contributed by atoms with Crippen LogP contribution in [0.25, 0.3) is 0 Å². The minimum atomic E-state index is -0.481. The minimum absolute atomic E-state index is 0.481. The molecular weight excluding hydrogens is 190 g/mol. The molecule has 0 aromatic carbocycles. The standard InChI is InChI=1S/C12H19NO2/c1-10-4-2-6-13(8-10)9-11(14)12-5-3-7-15-12/h3,5,7,10-11,14H,2,4,6,8-9H2,1H3. The van der Waals surface area contributed by atoms with Gasteiger partial charge in [0.2, 0.25) is 0 Å². The Bertz CT molecular complexity index is 284. The van der Waals surface area contributed by atoms with Gasteiger partial charge in [0.05, 0.1) is 6.26 Å². The SMILES string of the molecule is CC1CCCN(CC(O)c2ccco2)C1. The summed E-state index contributed by atoms with van der Waals surface area (Å²) in [6.07, 6.45) is 3.68. The third-order valence-electron chi connectivity index (χ3n) is 3.04. The lowest BCUT2D eigenvalue weighted by Crippen LogP contribution is -2.37. The van der Waals surface area contributed by atoms with Crippen molar-refractivity contribution in [2.24, 2.45) is 5.92 Å². The maximum Gasteiger partial charge on any atom is 0.133 e. The van der Waals surface area contributed by atoms with E-state index in [1.165, 1.54) is 12.8 Å². The average Bonchev–Trinajstić information content (AvgIpc) is 2.70. The zero-order chi connectivity index (χ0) is 10.7. The number of aliphatic hydroxyl groups is 1. The predicted octanol–water partition coefficient (Wildman–Crippen LogP) is 2.04. The lowest BCUT2D eigenvalue weighted by atomic mass is 10.00. The molecule has 1 aromatic heterocycles. The number of piperidine rings is 1. The van der Waals surface area contributed by atoms with Crippen molar-refractivity contribution in [3.63, 3.8) is 0 Å². The van der Waals surface area contributed by atoms with Gasteiger partial charge in [-0.1, -0.05) is 6.92 Å². The van der Waals surface area contributed by atoms with Crippen LogP contribution in [0.3, 0.4) is 0 Å². The van der Waals surface area contributed by atoms with Crippen molar-refractivity contribution in [3.05, 3.63) is 24.2 Å². The minimum Gasteiger partial charge on any atom is -0.467 e. The average molecular weight is 209 g/mol. The molecule has 0 spiro atoms. The molecule has 2 heterocycles. The van der Waals surface area contributed by atoms with Gasteiger partial charge in [0, 0.05) is 13.1 Å². The van der Waals surface area contributed by atoms with Crippen molar-refractivity contribution in [2.45, 2.75) is 25.9 Å². The molecule has 1 fully saturated rings. The Balaban J connectivity index is 1.86. The van der Waals surface area contributed by atoms with E-state index >= 15 is 0 Å². The number of β-amino-alcohol motifs (C(OH)–C–C–N with tert-alkyl or cyclic N) is 1. The first-order valence-electron chi connectivity index (χ1n) is 5.69. The molecule has 1 aromatic rings. The summed E-state index contributed by atoms with van der Waals surface area (Å²) in [6, 6.07) is 3.65. The molecule has 1 aliphatic rings. The Morgan fingerprint density at radius 3 is 3.20 bits per heavy atom. The summed E-state index contributed by atoms with van der Waals surface area (Å²) in [7, 11) is 0. The second-order valence-electron chi connectivity index (χ2n) is 4.54. The molecule has 1 aliphatic heterocycles. The number of nitrogens with zero attached hydrogens (tertiary/aromatic N) is 1. The molecule has 1 saturated heterocycles. The van der Waals surface area contributed by atoms with Crippen LogP contribution in [-0.2, 0) is 0 Å². The molecule has 1 N–H and O–H groups in total. The Labute approximate surface area is 90.7 Å². The summed E-state index contributed by atoms with van der Waals surface area (Å²) in [5, 5.41) is 9.91. The van der Waals surface area contributed by atoms with Gasteiger partial charge in [0.15, 0.2) is 0 Å². The lowest BCUT2D eigenvalue weighted by Gasteiger charge is -2.31. The van der Waals surface area contributed by atoms with E-state index in [2.05, 4.69) is 11.8 Å². The Morgan fingerprint density at radius 1 is 1.67 bits per heavy atom. The predicted molar refractivity (Wildman–Crippen MR) is 58.5 cm³/mol. The van der Waals surface area contributed by atoms with Gasteiger partial charge in [-0.3, -0.25) is 0 Å². The van der Waals surface area contributed by atoms with E-state index in [0.29, 0.717) is 12.3 Å². The first-order valence-corrected chi connectivity index (χ1v) is 5.69. The van der Waals surface area contributed by atoms with Crippen molar-refractivity contribution in [3.8, 4) is 0 Å². The van der Waals surface area contributed by atoms with Crippen LogP contribution in [0.2, 0.25) is 0 Å². The molecule has 0 bridgehead atoms. The van der Waals surface area contributed by atoms with E-state index in [9.17, 15) is 5.11 Å². The van der Waals surface area contributed by atoms with Crippen LogP contribution in [0.15, 0.2) is 22.8 Å². The van der Waals surface area contributed by atoms with Crippen molar-refractivity contribution in [1.29, 1.82) is 0 Å². The fraction of sp³-hybridized carbons (Fsp3) is 0.667. The van der Waals surface area contributed by atoms with Gasteiger partial charge < -0.3 is 14.4 Å². The third kappa shape index (κ3) is 2.83. The van der Waals surface area contributed by atoms with Gasteiger partial charge in [-0.05, 0) is 37.4 Å². The zero-order valence-electron chi connectivity index (χ0n) is 9.22. The first kappa shape index (κ1) is 10.7. The highest BCUT2D eigenvalue weighted by atomic mass is 16.4. The fourth-order valence-corrected chi connectivity index (χ4v) is 2.27. The van der Waals surface area contributed by atoms with Gasteiger partial charge in [-0.2, -0.15) is 0 Å². The van der Waals surface area contributed by atoms with Gasteiger partial charge >= 0.3 is 0 Å². The van der Waals surface area contributed by atoms with E-state index in [0.717, 1.165) is 19.0 Å². The van der Waals surface area contributed by atoms with Gasteiger partial charge in [0.1, 0.15) is 11.9 Å². The van der Waals surface area contributed by atoms with E-state index in [1.54, 1.807) is 6.26 Å². The van der Waals surface area contributed by atoms with Gasteiger partial charge in [-0.25, -0.2) is 0 Å². The van der Waals surface area contributed by atoms with E-state index in [4.69, 9.17) is 4.42 Å². The van der Waals surface area contributed by atoms with Crippen molar-refractivity contribution in [2.75, 3.05) is 19.6 Å². The van der Waals surface area contributed by atoms with Crippen LogP contribution in [0.5, 0.6) is 0 Å². The van der Waals surface area contributed by atoms with Crippen LogP contribution in [0, 0.1) is 5.92 Å². The monoisotopic (exact) mass is 209 g/mol. The smallest absolute Gasteiger partial charge is 0.133 e. The van der Waals surface area contributed by atoms with Crippen LogP contribution in [-0.4, -0.2) is 29.6 Å². The van der Waals surface area contributed by atoms with Crippen molar-refractivity contribution < 1.29 is 9.52 Å². The molecule has 84 valence electrons.